The molecule has 0 unspecified atom stereocenters. The normalized spacial score (nSPS) is 34.2. The van der Waals surface area contributed by atoms with Gasteiger partial charge in [0.2, 0.25) is 0 Å². The van der Waals surface area contributed by atoms with E-state index >= 15 is 0 Å². The van der Waals surface area contributed by atoms with Crippen LogP contribution in [-0.4, -0.2) is 36.4 Å². The number of carbonyl (C=O) groups is 1. The molecule has 4 nitrogen and oxygen atoms in total. The Kier molecular flexibility index (Phi) is 3.69. The van der Waals surface area contributed by atoms with Gasteiger partial charge in [0.1, 0.15) is 0 Å². The van der Waals surface area contributed by atoms with E-state index in [-0.39, 0.29) is 24.2 Å². The van der Waals surface area contributed by atoms with Gasteiger partial charge in [0, 0.05) is 12.1 Å². The molecule has 0 bridgehead atoms. The zero-order valence-electron chi connectivity index (χ0n) is 8.12. The maximum atomic E-state index is 10.9. The van der Waals surface area contributed by atoms with Crippen molar-refractivity contribution in [3.8, 4) is 0 Å². The molecule has 1 aliphatic heterocycles. The summed E-state index contributed by atoms with van der Waals surface area (Å²) in [7, 11) is 1.39. The Morgan fingerprint density at radius 2 is 2.31 bits per heavy atom. The summed E-state index contributed by atoms with van der Waals surface area (Å²) < 4.78 is 4.57. The van der Waals surface area contributed by atoms with Crippen LogP contribution in [0.1, 0.15) is 26.2 Å². The number of carbonyl (C=O) groups excluding carboxylic acids is 1. The quantitative estimate of drug-likeness (QED) is 0.600. The number of ether oxygens (including phenoxy) is 1. The molecule has 1 heterocycles. The molecule has 3 atom stereocenters. The van der Waals surface area contributed by atoms with Gasteiger partial charge in [-0.05, 0) is 19.8 Å². The van der Waals surface area contributed by atoms with E-state index < -0.39 is 0 Å². The molecule has 1 saturated heterocycles. The first-order valence-electron chi connectivity index (χ1n) is 4.64. The van der Waals surface area contributed by atoms with Crippen molar-refractivity contribution >= 4 is 5.97 Å². The molecule has 0 aliphatic carbocycles. The van der Waals surface area contributed by atoms with Crippen LogP contribution in [0.2, 0.25) is 0 Å². The van der Waals surface area contributed by atoms with E-state index in [1.807, 2.05) is 6.92 Å². The van der Waals surface area contributed by atoms with E-state index in [0.717, 1.165) is 12.8 Å². The average Bonchev–Trinajstić information content (AvgIpc) is 2.11. The van der Waals surface area contributed by atoms with Crippen LogP contribution in [-0.2, 0) is 9.53 Å². The number of aliphatic hydroxyl groups is 1. The molecule has 0 aromatic rings. The number of methoxy groups -OCH3 is 1. The molecule has 1 aliphatic rings. The Balaban J connectivity index is 2.33. The number of esters is 1. The third-order valence-electron chi connectivity index (χ3n) is 2.53. The van der Waals surface area contributed by atoms with Gasteiger partial charge in [-0.25, -0.2) is 0 Å². The summed E-state index contributed by atoms with van der Waals surface area (Å²) in [6.07, 6.45) is 1.71. The minimum absolute atomic E-state index is 0.0726. The summed E-state index contributed by atoms with van der Waals surface area (Å²) in [4.78, 5) is 10.9. The van der Waals surface area contributed by atoms with Gasteiger partial charge < -0.3 is 15.2 Å². The monoisotopic (exact) mass is 187 g/mol. The first-order chi connectivity index (χ1) is 6.13. The molecular formula is C9H17NO3. The first kappa shape index (κ1) is 10.5. The van der Waals surface area contributed by atoms with Crippen molar-refractivity contribution in [2.75, 3.05) is 7.11 Å². The molecule has 13 heavy (non-hydrogen) atoms. The number of aliphatic hydroxyl groups excluding tert-OH is 1. The second-order valence-corrected chi connectivity index (χ2v) is 3.58. The van der Waals surface area contributed by atoms with Crippen LogP contribution in [0, 0.1) is 0 Å². The van der Waals surface area contributed by atoms with Gasteiger partial charge in [0.15, 0.2) is 0 Å². The molecule has 1 rings (SSSR count). The van der Waals surface area contributed by atoms with Crippen LogP contribution in [0.4, 0.5) is 0 Å². The van der Waals surface area contributed by atoms with Crippen molar-refractivity contribution in [1.82, 2.24) is 5.32 Å². The number of rotatable bonds is 2. The predicted molar refractivity (Wildman–Crippen MR) is 48.3 cm³/mol. The zero-order valence-corrected chi connectivity index (χ0v) is 8.12. The molecule has 0 saturated carbocycles. The number of hydrogen-bond acceptors (Lipinski definition) is 4. The van der Waals surface area contributed by atoms with Crippen LogP contribution >= 0.6 is 0 Å². The molecule has 0 spiro atoms. The lowest BCUT2D eigenvalue weighted by atomic mass is 9.95. The smallest absolute Gasteiger partial charge is 0.307 e. The molecule has 0 radical (unpaired) electrons. The standard InChI is InChI=1S/C9H17NO3/c1-6-8(11)4-3-7(10-6)5-9(12)13-2/h6-8,10-11H,3-5H2,1-2H3/t6-,7-,8-/m0/s1. The Morgan fingerprint density at radius 1 is 1.62 bits per heavy atom. The average molecular weight is 187 g/mol. The minimum Gasteiger partial charge on any atom is -0.469 e. The highest BCUT2D eigenvalue weighted by molar-refractivity contribution is 5.69. The van der Waals surface area contributed by atoms with Crippen LogP contribution in [0.25, 0.3) is 0 Å². The van der Waals surface area contributed by atoms with Crippen molar-refractivity contribution in [1.29, 1.82) is 0 Å². The lowest BCUT2D eigenvalue weighted by Gasteiger charge is -2.32. The molecule has 76 valence electrons. The van der Waals surface area contributed by atoms with Crippen molar-refractivity contribution in [3.63, 3.8) is 0 Å². The molecular weight excluding hydrogens is 170 g/mol. The van der Waals surface area contributed by atoms with E-state index in [1.165, 1.54) is 7.11 Å². The summed E-state index contributed by atoms with van der Waals surface area (Å²) in [5.41, 5.74) is 0. The zero-order chi connectivity index (χ0) is 9.84. The van der Waals surface area contributed by atoms with Crippen molar-refractivity contribution in [3.05, 3.63) is 0 Å². The lowest BCUT2D eigenvalue weighted by molar-refractivity contribution is -0.141. The Bertz CT molecular complexity index is 184. The van der Waals surface area contributed by atoms with Crippen LogP contribution < -0.4 is 5.32 Å². The minimum atomic E-state index is -0.283. The van der Waals surface area contributed by atoms with Gasteiger partial charge in [-0.3, -0.25) is 4.79 Å². The number of nitrogens with one attached hydrogen (secondary N) is 1. The fraction of sp³-hybridized carbons (Fsp3) is 0.889. The molecule has 0 aromatic carbocycles. The largest absolute Gasteiger partial charge is 0.469 e. The highest BCUT2D eigenvalue weighted by Crippen LogP contribution is 2.15. The highest BCUT2D eigenvalue weighted by atomic mass is 16.5. The predicted octanol–water partition coefficient (Wildman–Crippen LogP) is 0.0509. The summed E-state index contributed by atoms with van der Waals surface area (Å²) >= 11 is 0. The second kappa shape index (κ2) is 4.58. The molecule has 4 heteroatoms. The molecule has 2 N–H and O–H groups in total. The molecule has 1 fully saturated rings. The van der Waals surface area contributed by atoms with E-state index in [2.05, 4.69) is 10.1 Å². The van der Waals surface area contributed by atoms with Gasteiger partial charge in [-0.1, -0.05) is 0 Å². The maximum Gasteiger partial charge on any atom is 0.307 e. The van der Waals surface area contributed by atoms with Gasteiger partial charge in [-0.2, -0.15) is 0 Å². The molecule has 0 amide bonds. The van der Waals surface area contributed by atoms with Crippen LogP contribution in [0.3, 0.4) is 0 Å². The van der Waals surface area contributed by atoms with E-state index in [9.17, 15) is 9.90 Å². The fourth-order valence-corrected chi connectivity index (χ4v) is 1.63. The number of hydrogen-bond donors (Lipinski definition) is 2. The van der Waals surface area contributed by atoms with Crippen molar-refractivity contribution < 1.29 is 14.6 Å². The first-order valence-corrected chi connectivity index (χ1v) is 4.64. The van der Waals surface area contributed by atoms with E-state index in [1.54, 1.807) is 0 Å². The van der Waals surface area contributed by atoms with E-state index in [4.69, 9.17) is 0 Å². The van der Waals surface area contributed by atoms with Gasteiger partial charge in [0.25, 0.3) is 0 Å². The van der Waals surface area contributed by atoms with Crippen LogP contribution in [0.5, 0.6) is 0 Å². The summed E-state index contributed by atoms with van der Waals surface area (Å²) in [5, 5.41) is 12.6. The van der Waals surface area contributed by atoms with Gasteiger partial charge >= 0.3 is 5.97 Å². The lowest BCUT2D eigenvalue weighted by Crippen LogP contribution is -2.49. The fourth-order valence-electron chi connectivity index (χ4n) is 1.63. The Morgan fingerprint density at radius 3 is 2.85 bits per heavy atom. The van der Waals surface area contributed by atoms with Gasteiger partial charge in [0.05, 0.1) is 19.6 Å². The van der Waals surface area contributed by atoms with Crippen LogP contribution in [0.15, 0.2) is 0 Å². The topological polar surface area (TPSA) is 58.6 Å². The Labute approximate surface area is 78.3 Å². The Hall–Kier alpha value is -0.610. The van der Waals surface area contributed by atoms with Crippen molar-refractivity contribution in [2.45, 2.75) is 44.4 Å². The summed E-state index contributed by atoms with van der Waals surface area (Å²) in [6.45, 7) is 1.92. The third kappa shape index (κ3) is 2.97. The third-order valence-corrected chi connectivity index (χ3v) is 2.53. The second-order valence-electron chi connectivity index (χ2n) is 3.58. The number of piperidine rings is 1. The van der Waals surface area contributed by atoms with Crippen molar-refractivity contribution in [2.24, 2.45) is 0 Å². The SMILES string of the molecule is COC(=O)C[C@@H]1CC[C@H](O)[C@H](C)N1. The highest BCUT2D eigenvalue weighted by Gasteiger charge is 2.26. The maximum absolute atomic E-state index is 10.9. The summed E-state index contributed by atoms with van der Waals surface area (Å²) in [5.74, 6) is -0.193. The summed E-state index contributed by atoms with van der Waals surface area (Å²) in [6, 6.07) is 0.231. The molecule has 0 aromatic heterocycles. The van der Waals surface area contributed by atoms with E-state index in [0.29, 0.717) is 6.42 Å². The van der Waals surface area contributed by atoms with Gasteiger partial charge in [-0.15, -0.1) is 0 Å².